The van der Waals surface area contributed by atoms with E-state index in [0.29, 0.717) is 22.6 Å². The Morgan fingerprint density at radius 3 is 2.20 bits per heavy atom. The van der Waals surface area contributed by atoms with Crippen LogP contribution < -0.4 is 10.0 Å². The zero-order valence-electron chi connectivity index (χ0n) is 18.5. The molecule has 0 aromatic heterocycles. The van der Waals surface area contributed by atoms with Crippen LogP contribution in [0, 0.1) is 20.8 Å². The topological polar surface area (TPSA) is 78.5 Å². The number of nitrogens with one attached hydrogen (secondary N) is 2. The first-order valence-corrected chi connectivity index (χ1v) is 11.6. The van der Waals surface area contributed by atoms with Crippen molar-refractivity contribution in [1.82, 2.24) is 14.9 Å². The van der Waals surface area contributed by atoms with Crippen molar-refractivity contribution in [2.24, 2.45) is 0 Å². The van der Waals surface area contributed by atoms with Gasteiger partial charge in [0.05, 0.1) is 4.90 Å². The molecule has 2 aromatic rings. The molecule has 0 aliphatic rings. The number of likely N-dealkylation sites (N-methyl/N-ethyl adjacent to an activating group) is 1. The highest BCUT2D eigenvalue weighted by molar-refractivity contribution is 7.89. The lowest BCUT2D eigenvalue weighted by atomic mass is 10.1. The SMILES string of the molecule is Cc1cc(C)c(S(=O)(=O)NCCC(=O)NCC(Cc2ccccc2)N(C)C)c(C)c1. The molecule has 0 aliphatic heterocycles. The number of hydrogen-bond donors (Lipinski definition) is 2. The van der Waals surface area contributed by atoms with E-state index in [4.69, 9.17) is 0 Å². The summed E-state index contributed by atoms with van der Waals surface area (Å²) in [4.78, 5) is 14.6. The Labute approximate surface area is 180 Å². The zero-order chi connectivity index (χ0) is 22.3. The zero-order valence-corrected chi connectivity index (χ0v) is 19.3. The minimum atomic E-state index is -3.66. The van der Waals surface area contributed by atoms with Gasteiger partial charge < -0.3 is 10.2 Å². The second-order valence-corrected chi connectivity index (χ2v) is 9.69. The second kappa shape index (κ2) is 10.7. The minimum absolute atomic E-state index is 0.0617. The van der Waals surface area contributed by atoms with E-state index in [2.05, 4.69) is 27.1 Å². The Kier molecular flexibility index (Phi) is 8.58. The number of rotatable bonds is 10. The molecule has 0 radical (unpaired) electrons. The van der Waals surface area contributed by atoms with Crippen molar-refractivity contribution in [2.75, 3.05) is 27.2 Å². The molecular formula is C23H33N3O3S. The van der Waals surface area contributed by atoms with Crippen LogP contribution in [0.2, 0.25) is 0 Å². The number of carbonyl (C=O) groups excluding carboxylic acids is 1. The Hall–Kier alpha value is -2.22. The number of aryl methyl sites for hydroxylation is 3. The molecule has 1 atom stereocenters. The minimum Gasteiger partial charge on any atom is -0.354 e. The summed E-state index contributed by atoms with van der Waals surface area (Å²) >= 11 is 0. The lowest BCUT2D eigenvalue weighted by Crippen LogP contribution is -2.42. The van der Waals surface area contributed by atoms with Crippen LogP contribution in [0.1, 0.15) is 28.7 Å². The second-order valence-electron chi connectivity index (χ2n) is 7.99. The molecule has 6 nitrogen and oxygen atoms in total. The highest BCUT2D eigenvalue weighted by atomic mass is 32.2. The summed E-state index contributed by atoms with van der Waals surface area (Å²) in [5.74, 6) is -0.171. The van der Waals surface area contributed by atoms with E-state index in [1.165, 1.54) is 5.56 Å². The lowest BCUT2D eigenvalue weighted by molar-refractivity contribution is -0.121. The van der Waals surface area contributed by atoms with Gasteiger partial charge >= 0.3 is 0 Å². The van der Waals surface area contributed by atoms with E-state index < -0.39 is 10.0 Å². The van der Waals surface area contributed by atoms with E-state index >= 15 is 0 Å². The first kappa shape index (κ1) is 24.1. The van der Waals surface area contributed by atoms with Gasteiger partial charge in [0.25, 0.3) is 0 Å². The largest absolute Gasteiger partial charge is 0.354 e. The van der Waals surface area contributed by atoms with E-state index in [0.717, 1.165) is 12.0 Å². The van der Waals surface area contributed by atoms with E-state index in [-0.39, 0.29) is 24.9 Å². The Balaban J connectivity index is 1.87. The van der Waals surface area contributed by atoms with Gasteiger partial charge in [-0.15, -0.1) is 0 Å². The number of hydrogen-bond acceptors (Lipinski definition) is 4. The summed E-state index contributed by atoms with van der Waals surface area (Å²) in [6, 6.07) is 14.0. The van der Waals surface area contributed by atoms with Gasteiger partial charge in [0.1, 0.15) is 0 Å². The van der Waals surface area contributed by atoms with Crippen LogP contribution >= 0.6 is 0 Å². The van der Waals surface area contributed by atoms with Crippen molar-refractivity contribution in [1.29, 1.82) is 0 Å². The fourth-order valence-corrected chi connectivity index (χ4v) is 5.09. The molecule has 0 bridgehead atoms. The Morgan fingerprint density at radius 2 is 1.63 bits per heavy atom. The molecule has 2 aromatic carbocycles. The maximum absolute atomic E-state index is 12.7. The summed E-state index contributed by atoms with van der Waals surface area (Å²) in [5, 5.41) is 2.93. The van der Waals surface area contributed by atoms with Gasteiger partial charge in [-0.2, -0.15) is 0 Å². The smallest absolute Gasteiger partial charge is 0.241 e. The molecule has 164 valence electrons. The molecule has 1 amide bonds. The summed E-state index contributed by atoms with van der Waals surface area (Å²) in [7, 11) is 0.315. The number of sulfonamides is 1. The van der Waals surface area contributed by atoms with Gasteiger partial charge in [0.15, 0.2) is 0 Å². The first-order chi connectivity index (χ1) is 14.1. The highest BCUT2D eigenvalue weighted by Gasteiger charge is 2.20. The maximum Gasteiger partial charge on any atom is 0.241 e. The number of amides is 1. The summed E-state index contributed by atoms with van der Waals surface area (Å²) in [6.07, 6.45) is 0.918. The third-order valence-electron chi connectivity index (χ3n) is 5.10. The molecule has 2 rings (SSSR count). The molecule has 0 saturated carbocycles. The standard InChI is InChI=1S/C23H33N3O3S/c1-17-13-18(2)23(19(3)14-17)30(28,29)25-12-11-22(27)24-16-21(26(4)5)15-20-9-7-6-8-10-20/h6-10,13-14,21,25H,11-12,15-16H2,1-5H3,(H,24,27). The molecule has 0 spiro atoms. The van der Waals surface area contributed by atoms with Crippen LogP contribution in [0.3, 0.4) is 0 Å². The average Bonchev–Trinajstić information content (AvgIpc) is 2.64. The van der Waals surface area contributed by atoms with Crippen molar-refractivity contribution >= 4 is 15.9 Å². The summed E-state index contributed by atoms with van der Waals surface area (Å²) in [6.45, 7) is 6.08. The van der Waals surface area contributed by atoms with Crippen molar-refractivity contribution in [3.63, 3.8) is 0 Å². The van der Waals surface area contributed by atoms with E-state index in [1.54, 1.807) is 13.8 Å². The van der Waals surface area contributed by atoms with Gasteiger partial charge in [-0.25, -0.2) is 13.1 Å². The number of benzene rings is 2. The molecule has 0 fully saturated rings. The molecule has 0 aliphatic carbocycles. The van der Waals surface area contributed by atoms with Gasteiger partial charge in [0, 0.05) is 25.6 Å². The monoisotopic (exact) mass is 431 g/mol. The van der Waals surface area contributed by atoms with Crippen LogP contribution in [0.5, 0.6) is 0 Å². The quantitative estimate of drug-likeness (QED) is 0.606. The molecule has 7 heteroatoms. The van der Waals surface area contributed by atoms with Gasteiger partial charge in [0.2, 0.25) is 15.9 Å². The van der Waals surface area contributed by atoms with Crippen molar-refractivity contribution in [3.05, 3.63) is 64.7 Å². The molecule has 1 unspecified atom stereocenters. The molecule has 0 saturated heterocycles. The Morgan fingerprint density at radius 1 is 1.03 bits per heavy atom. The highest BCUT2D eigenvalue weighted by Crippen LogP contribution is 2.21. The van der Waals surface area contributed by atoms with Crippen LogP contribution in [0.4, 0.5) is 0 Å². The van der Waals surface area contributed by atoms with Crippen molar-refractivity contribution in [3.8, 4) is 0 Å². The third kappa shape index (κ3) is 6.93. The predicted molar refractivity (Wildman–Crippen MR) is 121 cm³/mol. The lowest BCUT2D eigenvalue weighted by Gasteiger charge is -2.24. The summed E-state index contributed by atoms with van der Waals surface area (Å²) in [5.41, 5.74) is 3.65. The molecule has 0 heterocycles. The molecule has 2 N–H and O–H groups in total. The van der Waals surface area contributed by atoms with Crippen LogP contribution in [0.25, 0.3) is 0 Å². The van der Waals surface area contributed by atoms with Crippen LogP contribution in [0.15, 0.2) is 47.4 Å². The summed E-state index contributed by atoms with van der Waals surface area (Å²) < 4.78 is 27.9. The van der Waals surface area contributed by atoms with Gasteiger partial charge in [-0.3, -0.25) is 4.79 Å². The average molecular weight is 432 g/mol. The number of carbonyl (C=O) groups is 1. The number of nitrogens with zero attached hydrogens (tertiary/aromatic N) is 1. The first-order valence-electron chi connectivity index (χ1n) is 10.1. The Bertz CT molecular complexity index is 934. The van der Waals surface area contributed by atoms with E-state index in [1.807, 2.05) is 51.4 Å². The molecule has 30 heavy (non-hydrogen) atoms. The predicted octanol–water partition coefficient (Wildman–Crippen LogP) is 2.57. The normalized spacial score (nSPS) is 12.7. The van der Waals surface area contributed by atoms with Gasteiger partial charge in [-0.1, -0.05) is 48.0 Å². The van der Waals surface area contributed by atoms with E-state index in [9.17, 15) is 13.2 Å². The van der Waals surface area contributed by atoms with Crippen molar-refractivity contribution in [2.45, 2.75) is 44.6 Å². The molecular weight excluding hydrogens is 398 g/mol. The van der Waals surface area contributed by atoms with Crippen molar-refractivity contribution < 1.29 is 13.2 Å². The third-order valence-corrected chi connectivity index (χ3v) is 6.86. The maximum atomic E-state index is 12.7. The van der Waals surface area contributed by atoms with Crippen LogP contribution in [-0.2, 0) is 21.2 Å². The fraction of sp³-hybridized carbons (Fsp3) is 0.435. The van der Waals surface area contributed by atoms with Crippen LogP contribution in [-0.4, -0.2) is 52.5 Å². The fourth-order valence-electron chi connectivity index (χ4n) is 3.61. The van der Waals surface area contributed by atoms with Gasteiger partial charge in [-0.05, 0) is 58.0 Å².